The Labute approximate surface area is 315 Å². The first-order valence-electron chi connectivity index (χ1n) is 19.0. The minimum absolute atomic E-state index is 0.0144. The fourth-order valence-electron chi connectivity index (χ4n) is 7.40. The number of ether oxygens (including phenoxy) is 1. The molecule has 2 unspecified atom stereocenters. The van der Waals surface area contributed by atoms with Crippen molar-refractivity contribution in [3.05, 3.63) is 47.5 Å². The van der Waals surface area contributed by atoms with E-state index in [9.17, 15) is 19.2 Å². The molecule has 4 amide bonds. The van der Waals surface area contributed by atoms with Crippen LogP contribution in [0.1, 0.15) is 83.0 Å². The number of alkyl carbamates (subject to hydrolysis) is 1. The number of hydrogen-bond acceptors (Lipinski definition) is 11. The van der Waals surface area contributed by atoms with Crippen LogP contribution in [0.15, 0.2) is 46.4 Å². The van der Waals surface area contributed by atoms with E-state index in [1.807, 2.05) is 44.7 Å². The van der Waals surface area contributed by atoms with Gasteiger partial charge in [0.25, 0.3) is 0 Å². The maximum atomic E-state index is 13.6. The lowest BCUT2D eigenvalue weighted by Crippen LogP contribution is -2.54. The van der Waals surface area contributed by atoms with E-state index >= 15 is 0 Å². The molecule has 0 radical (unpaired) electrons. The highest BCUT2D eigenvalue weighted by molar-refractivity contribution is 5.96. The van der Waals surface area contributed by atoms with Crippen LogP contribution in [0.25, 0.3) is 22.1 Å². The number of methoxy groups -OCH3 is 1. The third-order valence-corrected chi connectivity index (χ3v) is 10.4. The number of aliphatic imine (C=N–C) groups is 2. The van der Waals surface area contributed by atoms with Crippen LogP contribution in [0, 0.1) is 11.8 Å². The van der Waals surface area contributed by atoms with Crippen molar-refractivity contribution in [1.82, 2.24) is 41.5 Å². The van der Waals surface area contributed by atoms with Gasteiger partial charge in [0, 0.05) is 19.5 Å². The van der Waals surface area contributed by atoms with E-state index in [0.29, 0.717) is 32.6 Å². The van der Waals surface area contributed by atoms with Crippen LogP contribution >= 0.6 is 0 Å². The summed E-state index contributed by atoms with van der Waals surface area (Å²) < 4.78 is 4.76. The van der Waals surface area contributed by atoms with Crippen molar-refractivity contribution in [3.8, 4) is 0 Å². The zero-order valence-corrected chi connectivity index (χ0v) is 31.7. The Bertz CT molecular complexity index is 1930. The van der Waals surface area contributed by atoms with Gasteiger partial charge in [-0.25, -0.2) is 14.8 Å². The Morgan fingerprint density at radius 1 is 0.889 bits per heavy atom. The van der Waals surface area contributed by atoms with Gasteiger partial charge in [-0.1, -0.05) is 39.8 Å². The van der Waals surface area contributed by atoms with Crippen LogP contribution in [0.3, 0.4) is 0 Å². The SMILES string of the molecule is COC(=O)N[C@H](C(=O)N1CCC[C@H]1C1=NCC(c2ccc3nc4cc(C5CN=C(CCCCNC(=O)[C@@H](NC=O)C(C)C)N5)ccc4nc3c2)N1)C(C)C. The molecule has 6 rings (SSSR count). The number of amidine groups is 2. The van der Waals surface area contributed by atoms with Crippen molar-refractivity contribution >= 4 is 58.1 Å². The number of hydrogen-bond donors (Lipinski definition) is 5. The fourth-order valence-corrected chi connectivity index (χ4v) is 7.40. The average molecular weight is 741 g/mol. The van der Waals surface area contributed by atoms with Crippen LogP contribution in [-0.4, -0.2) is 102 Å². The molecule has 0 aliphatic carbocycles. The van der Waals surface area contributed by atoms with Gasteiger partial charge < -0.3 is 36.2 Å². The van der Waals surface area contributed by atoms with Gasteiger partial charge in [-0.05, 0) is 72.9 Å². The highest BCUT2D eigenvalue weighted by atomic mass is 16.5. The summed E-state index contributed by atoms with van der Waals surface area (Å²) in [6.07, 6.45) is 4.10. The van der Waals surface area contributed by atoms with E-state index in [1.54, 1.807) is 0 Å². The Hall–Kier alpha value is -5.34. The Morgan fingerprint density at radius 2 is 1.54 bits per heavy atom. The third kappa shape index (κ3) is 8.71. The Balaban J connectivity index is 1.03. The number of carbonyl (C=O) groups is 4. The number of nitrogens with one attached hydrogen (secondary N) is 5. The molecule has 1 aromatic heterocycles. The van der Waals surface area contributed by atoms with Crippen molar-refractivity contribution in [2.45, 2.75) is 90.0 Å². The van der Waals surface area contributed by atoms with Gasteiger partial charge in [0.1, 0.15) is 17.9 Å². The second-order valence-electron chi connectivity index (χ2n) is 14.9. The van der Waals surface area contributed by atoms with Gasteiger partial charge in [0.05, 0.1) is 66.2 Å². The van der Waals surface area contributed by atoms with Crippen molar-refractivity contribution in [2.24, 2.45) is 21.8 Å². The number of likely N-dealkylation sites (tertiary alicyclic amines) is 1. The average Bonchev–Trinajstić information content (AvgIpc) is 3.95. The highest BCUT2D eigenvalue weighted by Crippen LogP contribution is 2.28. The number of nitrogens with zero attached hydrogens (tertiary/aromatic N) is 5. The lowest BCUT2D eigenvalue weighted by molar-refractivity contribution is -0.134. The van der Waals surface area contributed by atoms with Gasteiger partial charge in [0.2, 0.25) is 18.2 Å². The van der Waals surface area contributed by atoms with Gasteiger partial charge in [-0.2, -0.15) is 0 Å². The summed E-state index contributed by atoms with van der Waals surface area (Å²) in [7, 11) is 1.29. The van der Waals surface area contributed by atoms with Crippen LogP contribution in [-0.2, 0) is 19.1 Å². The zero-order chi connectivity index (χ0) is 38.4. The summed E-state index contributed by atoms with van der Waals surface area (Å²) in [6, 6.07) is 10.9. The van der Waals surface area contributed by atoms with Crippen LogP contribution < -0.4 is 26.6 Å². The molecule has 54 heavy (non-hydrogen) atoms. The molecule has 3 aliphatic heterocycles. The molecule has 0 bridgehead atoms. The number of carbonyl (C=O) groups excluding carboxylic acids is 4. The molecule has 288 valence electrons. The first kappa shape index (κ1) is 38.4. The molecule has 0 saturated carbocycles. The molecular formula is C39H52N10O5. The minimum Gasteiger partial charge on any atom is -0.453 e. The number of rotatable bonds is 15. The maximum absolute atomic E-state index is 13.6. The predicted molar refractivity (Wildman–Crippen MR) is 207 cm³/mol. The second kappa shape index (κ2) is 17.2. The van der Waals surface area contributed by atoms with E-state index in [4.69, 9.17) is 24.7 Å². The summed E-state index contributed by atoms with van der Waals surface area (Å²) >= 11 is 0. The normalized spacial score (nSPS) is 20.6. The van der Waals surface area contributed by atoms with Crippen molar-refractivity contribution in [3.63, 3.8) is 0 Å². The van der Waals surface area contributed by atoms with Crippen molar-refractivity contribution < 1.29 is 23.9 Å². The number of aromatic nitrogens is 2. The first-order valence-corrected chi connectivity index (χ1v) is 19.0. The number of unbranched alkanes of at least 4 members (excludes halogenated alkanes) is 1. The van der Waals surface area contributed by atoms with E-state index in [0.717, 1.165) is 77.0 Å². The summed E-state index contributed by atoms with van der Waals surface area (Å²) in [5, 5.41) is 15.3. The summed E-state index contributed by atoms with van der Waals surface area (Å²) in [5.74, 6) is 1.39. The topological polar surface area (TPSA) is 191 Å². The molecule has 3 aromatic rings. The second-order valence-corrected chi connectivity index (χ2v) is 14.9. The van der Waals surface area contributed by atoms with Crippen LogP contribution in [0.5, 0.6) is 0 Å². The molecule has 5 atom stereocenters. The lowest BCUT2D eigenvalue weighted by Gasteiger charge is -2.31. The zero-order valence-electron chi connectivity index (χ0n) is 31.7. The minimum atomic E-state index is -0.678. The number of fused-ring (bicyclic) bond motifs is 2. The van der Waals surface area contributed by atoms with Gasteiger partial charge in [0.15, 0.2) is 0 Å². The third-order valence-electron chi connectivity index (χ3n) is 10.4. The van der Waals surface area contributed by atoms with E-state index in [-0.39, 0.29) is 41.8 Å². The first-order chi connectivity index (χ1) is 26.1. The molecule has 4 heterocycles. The molecule has 3 aliphatic rings. The monoisotopic (exact) mass is 740 g/mol. The molecule has 1 saturated heterocycles. The van der Waals surface area contributed by atoms with Crippen molar-refractivity contribution in [1.29, 1.82) is 0 Å². The predicted octanol–water partition coefficient (Wildman–Crippen LogP) is 3.30. The molecule has 0 spiro atoms. The van der Waals surface area contributed by atoms with Crippen molar-refractivity contribution in [2.75, 3.05) is 33.3 Å². The molecular weight excluding hydrogens is 688 g/mol. The largest absolute Gasteiger partial charge is 0.453 e. The summed E-state index contributed by atoms with van der Waals surface area (Å²) in [4.78, 5) is 70.0. The molecule has 5 N–H and O–H groups in total. The van der Waals surface area contributed by atoms with E-state index in [1.165, 1.54) is 7.11 Å². The Morgan fingerprint density at radius 3 is 2.17 bits per heavy atom. The summed E-state index contributed by atoms with van der Waals surface area (Å²) in [6.45, 7) is 9.96. The standard InChI is InChI=1S/C39H52N10O5/c1-22(2)34(43-21-50)37(51)40-15-7-6-10-33-41-19-30(46-33)24-11-13-26-28(17-24)44-27-14-12-25(18-29(27)45-26)31-20-42-36(47-31)32-9-8-16-49(32)38(52)35(23(3)4)48-39(53)54-5/h11-14,17-18,21-23,30-32,34-35H,6-10,15-16,19-20H2,1-5H3,(H,40,51)(H,41,46)(H,42,47)(H,43,50)(H,48,53)/t30?,31?,32-,34-,35-/m0/s1. The van der Waals surface area contributed by atoms with Gasteiger partial charge in [-0.15, -0.1) is 0 Å². The van der Waals surface area contributed by atoms with E-state index < -0.39 is 18.2 Å². The quantitative estimate of drug-likeness (QED) is 0.0884. The number of amides is 4. The van der Waals surface area contributed by atoms with Crippen LogP contribution in [0.4, 0.5) is 4.79 Å². The molecule has 1 fully saturated rings. The lowest BCUT2D eigenvalue weighted by atomic mass is 10.0. The van der Waals surface area contributed by atoms with Gasteiger partial charge >= 0.3 is 6.09 Å². The molecule has 2 aromatic carbocycles. The number of benzene rings is 2. The highest BCUT2D eigenvalue weighted by Gasteiger charge is 2.39. The van der Waals surface area contributed by atoms with Gasteiger partial charge in [-0.3, -0.25) is 24.4 Å². The smallest absolute Gasteiger partial charge is 0.407 e. The fraction of sp³-hybridized carbons (Fsp3) is 0.538. The molecule has 15 heteroatoms. The van der Waals surface area contributed by atoms with Crippen LogP contribution in [0.2, 0.25) is 0 Å². The summed E-state index contributed by atoms with van der Waals surface area (Å²) in [5.41, 5.74) is 5.38. The van der Waals surface area contributed by atoms with E-state index in [2.05, 4.69) is 50.8 Å². The molecule has 15 nitrogen and oxygen atoms in total. The Kier molecular flexibility index (Phi) is 12.2. The maximum Gasteiger partial charge on any atom is 0.407 e.